The highest BCUT2D eigenvalue weighted by Crippen LogP contribution is 2.32. The number of nitro groups is 1. The van der Waals surface area contributed by atoms with Crippen LogP contribution in [0.1, 0.15) is 20.8 Å². The topological polar surface area (TPSA) is 72.7 Å². The molecule has 0 saturated heterocycles. The summed E-state index contributed by atoms with van der Waals surface area (Å²) in [6.07, 6.45) is 0. The normalized spacial score (nSPS) is 10.4. The summed E-state index contributed by atoms with van der Waals surface area (Å²) in [5.41, 5.74) is 0.360. The predicted octanol–water partition coefficient (Wildman–Crippen LogP) is 3.14. The number of esters is 1. The first-order valence-corrected chi connectivity index (χ1v) is 7.02. The lowest BCUT2D eigenvalue weighted by molar-refractivity contribution is -0.384. The quantitative estimate of drug-likeness (QED) is 0.450. The van der Waals surface area contributed by atoms with E-state index in [4.69, 9.17) is 4.74 Å². The van der Waals surface area contributed by atoms with Crippen LogP contribution in [0.15, 0.2) is 22.7 Å². The van der Waals surface area contributed by atoms with Gasteiger partial charge in [-0.3, -0.25) is 14.9 Å². The van der Waals surface area contributed by atoms with Crippen LogP contribution in [0.25, 0.3) is 0 Å². The van der Waals surface area contributed by atoms with Crippen LogP contribution < -0.4 is 4.90 Å². The molecule has 0 bridgehead atoms. The van der Waals surface area contributed by atoms with Crippen molar-refractivity contribution in [3.8, 4) is 0 Å². The summed E-state index contributed by atoms with van der Waals surface area (Å²) in [6.45, 7) is 5.72. The lowest BCUT2D eigenvalue weighted by atomic mass is 10.2. The van der Waals surface area contributed by atoms with Crippen LogP contribution in [0.5, 0.6) is 0 Å². The summed E-state index contributed by atoms with van der Waals surface area (Å²) in [5, 5.41) is 11.2. The highest BCUT2D eigenvalue weighted by atomic mass is 79.9. The van der Waals surface area contributed by atoms with E-state index in [-0.39, 0.29) is 24.9 Å². The Bertz CT molecular complexity index is 505. The molecule has 110 valence electrons. The van der Waals surface area contributed by atoms with Crippen molar-refractivity contribution in [2.24, 2.45) is 0 Å². The maximum atomic E-state index is 11.6. The van der Waals surface area contributed by atoms with Gasteiger partial charge < -0.3 is 9.64 Å². The third-order valence-corrected chi connectivity index (χ3v) is 3.16. The van der Waals surface area contributed by atoms with Gasteiger partial charge in [0.1, 0.15) is 12.2 Å². The fourth-order valence-corrected chi connectivity index (χ4v) is 2.13. The smallest absolute Gasteiger partial charge is 0.325 e. The van der Waals surface area contributed by atoms with E-state index in [0.29, 0.717) is 10.2 Å². The van der Waals surface area contributed by atoms with Gasteiger partial charge in [-0.05, 0) is 32.9 Å². The molecule has 0 aliphatic heterocycles. The molecule has 0 spiro atoms. The van der Waals surface area contributed by atoms with Gasteiger partial charge in [-0.2, -0.15) is 0 Å². The van der Waals surface area contributed by atoms with Crippen molar-refractivity contribution in [3.63, 3.8) is 0 Å². The average Bonchev–Trinajstić information content (AvgIpc) is 2.36. The van der Waals surface area contributed by atoms with Crippen molar-refractivity contribution in [1.82, 2.24) is 0 Å². The number of carbonyl (C=O) groups excluding carboxylic acids is 1. The van der Waals surface area contributed by atoms with Crippen LogP contribution in [0.3, 0.4) is 0 Å². The third kappa shape index (κ3) is 4.19. The molecule has 0 saturated carbocycles. The molecule has 20 heavy (non-hydrogen) atoms. The molecule has 7 heteroatoms. The van der Waals surface area contributed by atoms with Gasteiger partial charge in [0.2, 0.25) is 0 Å². The van der Waals surface area contributed by atoms with Crippen molar-refractivity contribution in [3.05, 3.63) is 32.8 Å². The van der Waals surface area contributed by atoms with Gasteiger partial charge in [0.25, 0.3) is 5.69 Å². The van der Waals surface area contributed by atoms with E-state index in [9.17, 15) is 14.9 Å². The van der Waals surface area contributed by atoms with E-state index in [0.717, 1.165) is 0 Å². The van der Waals surface area contributed by atoms with Crippen molar-refractivity contribution < 1.29 is 14.5 Å². The van der Waals surface area contributed by atoms with Gasteiger partial charge in [0.15, 0.2) is 0 Å². The number of hydrogen-bond acceptors (Lipinski definition) is 5. The SMILES string of the molecule is CCOC(=O)CN(c1ccc(Br)cc1[N+](=O)[O-])C(C)C. The number of anilines is 1. The lowest BCUT2D eigenvalue weighted by Crippen LogP contribution is -2.37. The highest BCUT2D eigenvalue weighted by Gasteiger charge is 2.24. The Hall–Kier alpha value is -1.63. The molecule has 6 nitrogen and oxygen atoms in total. The maximum absolute atomic E-state index is 11.6. The molecule has 1 aromatic carbocycles. The van der Waals surface area contributed by atoms with Crippen LogP contribution in [0.2, 0.25) is 0 Å². The first kappa shape index (κ1) is 16.4. The molecule has 0 radical (unpaired) electrons. The third-order valence-electron chi connectivity index (χ3n) is 2.67. The standard InChI is InChI=1S/C13H17BrN2O4/c1-4-20-13(17)8-15(9(2)3)11-6-5-10(14)7-12(11)16(18)19/h5-7,9H,4,8H2,1-3H3. The Kier molecular flexibility index (Phi) is 5.94. The minimum absolute atomic E-state index is 0.0199. The van der Waals surface area contributed by atoms with E-state index in [1.807, 2.05) is 13.8 Å². The Morgan fingerprint density at radius 3 is 2.65 bits per heavy atom. The largest absolute Gasteiger partial charge is 0.465 e. The maximum Gasteiger partial charge on any atom is 0.325 e. The molecular formula is C13H17BrN2O4. The average molecular weight is 345 g/mol. The summed E-state index contributed by atoms with van der Waals surface area (Å²) >= 11 is 3.21. The van der Waals surface area contributed by atoms with Gasteiger partial charge in [-0.1, -0.05) is 15.9 Å². The zero-order valence-corrected chi connectivity index (χ0v) is 13.2. The Labute approximate surface area is 126 Å². The van der Waals surface area contributed by atoms with Crippen LogP contribution >= 0.6 is 15.9 Å². The van der Waals surface area contributed by atoms with E-state index >= 15 is 0 Å². The van der Waals surface area contributed by atoms with Crippen LogP contribution in [-0.4, -0.2) is 30.1 Å². The Balaban J connectivity index is 3.15. The second-order valence-electron chi connectivity index (χ2n) is 4.42. The summed E-state index contributed by atoms with van der Waals surface area (Å²) in [5.74, 6) is -0.404. The van der Waals surface area contributed by atoms with Gasteiger partial charge >= 0.3 is 5.97 Å². The van der Waals surface area contributed by atoms with Crippen molar-refractivity contribution in [2.45, 2.75) is 26.8 Å². The van der Waals surface area contributed by atoms with E-state index in [1.165, 1.54) is 6.07 Å². The summed E-state index contributed by atoms with van der Waals surface area (Å²) in [7, 11) is 0. The predicted molar refractivity (Wildman–Crippen MR) is 79.9 cm³/mol. The highest BCUT2D eigenvalue weighted by molar-refractivity contribution is 9.10. The Morgan fingerprint density at radius 1 is 1.50 bits per heavy atom. The summed E-state index contributed by atoms with van der Waals surface area (Å²) in [4.78, 5) is 24.0. The van der Waals surface area contributed by atoms with Crippen LogP contribution in [-0.2, 0) is 9.53 Å². The van der Waals surface area contributed by atoms with Gasteiger partial charge in [-0.25, -0.2) is 0 Å². The second-order valence-corrected chi connectivity index (χ2v) is 5.33. The molecular weight excluding hydrogens is 328 g/mol. The molecule has 0 atom stereocenters. The molecule has 0 aliphatic carbocycles. The number of carbonyl (C=O) groups is 1. The first-order valence-electron chi connectivity index (χ1n) is 6.23. The van der Waals surface area contributed by atoms with Gasteiger partial charge in [0.05, 0.1) is 11.5 Å². The number of halogens is 1. The van der Waals surface area contributed by atoms with E-state index in [1.54, 1.807) is 24.0 Å². The zero-order valence-electron chi connectivity index (χ0n) is 11.6. The molecule has 1 rings (SSSR count). The monoisotopic (exact) mass is 344 g/mol. The molecule has 0 fully saturated rings. The first-order chi connectivity index (χ1) is 9.36. The fourth-order valence-electron chi connectivity index (χ4n) is 1.78. The van der Waals surface area contributed by atoms with Crippen molar-refractivity contribution in [2.75, 3.05) is 18.1 Å². The molecule has 0 N–H and O–H groups in total. The minimum Gasteiger partial charge on any atom is -0.465 e. The fraction of sp³-hybridized carbons (Fsp3) is 0.462. The summed E-state index contributed by atoms with van der Waals surface area (Å²) in [6, 6.07) is 4.69. The number of rotatable bonds is 6. The van der Waals surface area contributed by atoms with Crippen molar-refractivity contribution in [1.29, 1.82) is 0 Å². The number of ether oxygens (including phenoxy) is 1. The van der Waals surface area contributed by atoms with E-state index < -0.39 is 10.9 Å². The van der Waals surface area contributed by atoms with E-state index in [2.05, 4.69) is 15.9 Å². The van der Waals surface area contributed by atoms with Crippen molar-refractivity contribution >= 4 is 33.3 Å². The van der Waals surface area contributed by atoms with Gasteiger partial charge in [0, 0.05) is 16.6 Å². The van der Waals surface area contributed by atoms with Gasteiger partial charge in [-0.15, -0.1) is 0 Å². The number of benzene rings is 1. The second kappa shape index (κ2) is 7.23. The molecule has 0 amide bonds. The zero-order chi connectivity index (χ0) is 15.3. The van der Waals surface area contributed by atoms with Crippen LogP contribution in [0, 0.1) is 10.1 Å². The molecule has 0 aromatic heterocycles. The van der Waals surface area contributed by atoms with Crippen LogP contribution in [0.4, 0.5) is 11.4 Å². The minimum atomic E-state index is -0.458. The molecule has 1 aromatic rings. The number of nitrogens with zero attached hydrogens (tertiary/aromatic N) is 2. The number of hydrogen-bond donors (Lipinski definition) is 0. The Morgan fingerprint density at radius 2 is 2.15 bits per heavy atom. The molecule has 0 unspecified atom stereocenters. The molecule has 0 heterocycles. The number of nitro benzene ring substituents is 1. The molecule has 0 aliphatic rings. The summed E-state index contributed by atoms with van der Waals surface area (Å²) < 4.78 is 5.53. The lowest BCUT2D eigenvalue weighted by Gasteiger charge is -2.27.